The second kappa shape index (κ2) is 4.25. The van der Waals surface area contributed by atoms with Crippen molar-refractivity contribution in [2.24, 2.45) is 5.92 Å². The Morgan fingerprint density at radius 2 is 2.29 bits per heavy atom. The van der Waals surface area contributed by atoms with Gasteiger partial charge in [-0.05, 0) is 12.8 Å². The van der Waals surface area contributed by atoms with E-state index in [-0.39, 0.29) is 0 Å². The van der Waals surface area contributed by atoms with Crippen LogP contribution in [0.2, 0.25) is 0 Å². The van der Waals surface area contributed by atoms with Gasteiger partial charge in [0.1, 0.15) is 0 Å². The maximum Gasteiger partial charge on any atom is 0.00973 e. The molecule has 0 aliphatic carbocycles. The van der Waals surface area contributed by atoms with Crippen LogP contribution in [0.25, 0.3) is 0 Å². The summed E-state index contributed by atoms with van der Waals surface area (Å²) < 4.78 is 0. The van der Waals surface area contributed by atoms with Crippen LogP contribution in [0, 0.1) is 5.92 Å². The third-order valence-electron chi connectivity index (χ3n) is 0.784. The van der Waals surface area contributed by atoms with Crippen LogP contribution >= 0.6 is 12.6 Å². The van der Waals surface area contributed by atoms with Crippen molar-refractivity contribution in [2.45, 2.75) is 13.8 Å². The van der Waals surface area contributed by atoms with Gasteiger partial charge in [-0.1, -0.05) is 31.7 Å². The Kier molecular flexibility index (Phi) is 4.31. The van der Waals surface area contributed by atoms with Crippen molar-refractivity contribution >= 4 is 12.6 Å². The predicted octanol–water partition coefficient (Wildman–Crippen LogP) is 2.40. The van der Waals surface area contributed by atoms with E-state index in [1.165, 1.54) is 0 Å². The molecule has 7 heavy (non-hydrogen) atoms. The zero-order chi connectivity index (χ0) is 5.70. The summed E-state index contributed by atoms with van der Waals surface area (Å²) in [5.41, 5.74) is 0. The topological polar surface area (TPSA) is 0 Å². The molecule has 1 radical (unpaired) electrons. The maximum atomic E-state index is 4.79. The molecule has 0 nitrogen and oxygen atoms in total. The van der Waals surface area contributed by atoms with Gasteiger partial charge in [0.05, 0.1) is 0 Å². The fraction of sp³-hybridized carbons (Fsp3) is 0.667. The molecule has 0 saturated heterocycles. The van der Waals surface area contributed by atoms with Crippen molar-refractivity contribution < 1.29 is 0 Å². The molecule has 0 N–H and O–H groups in total. The van der Waals surface area contributed by atoms with Gasteiger partial charge in [0.15, 0.2) is 0 Å². The van der Waals surface area contributed by atoms with Crippen LogP contribution in [0.5, 0.6) is 0 Å². The summed E-state index contributed by atoms with van der Waals surface area (Å²) in [7, 11) is 0. The SMILES string of the molecule is CC=CC(C)C[S]. The molecule has 0 fully saturated rings. The molecule has 0 aromatic carbocycles. The van der Waals surface area contributed by atoms with Gasteiger partial charge in [-0.15, -0.1) is 0 Å². The molecule has 0 heterocycles. The molecule has 1 heteroatoms. The fourth-order valence-electron chi connectivity index (χ4n) is 0.384. The van der Waals surface area contributed by atoms with Crippen LogP contribution in [0.15, 0.2) is 12.2 Å². The van der Waals surface area contributed by atoms with Crippen molar-refractivity contribution in [3.63, 3.8) is 0 Å². The molecular formula is C6H11S. The summed E-state index contributed by atoms with van der Waals surface area (Å²) in [4.78, 5) is 0. The van der Waals surface area contributed by atoms with E-state index in [0.717, 1.165) is 5.75 Å². The quantitative estimate of drug-likeness (QED) is 0.485. The smallest absolute Gasteiger partial charge is 0.00973 e. The van der Waals surface area contributed by atoms with Gasteiger partial charge < -0.3 is 0 Å². The molecule has 0 aromatic heterocycles. The first-order valence-corrected chi connectivity index (χ1v) is 3.10. The Morgan fingerprint density at radius 3 is 2.43 bits per heavy atom. The van der Waals surface area contributed by atoms with Crippen LogP contribution in [0.3, 0.4) is 0 Å². The molecule has 0 spiro atoms. The van der Waals surface area contributed by atoms with E-state index in [4.69, 9.17) is 12.6 Å². The highest BCUT2D eigenvalue weighted by molar-refractivity contribution is 7.80. The fourth-order valence-corrected chi connectivity index (χ4v) is 0.495. The minimum Gasteiger partial charge on any atom is -0.0935 e. The van der Waals surface area contributed by atoms with E-state index in [2.05, 4.69) is 13.0 Å². The van der Waals surface area contributed by atoms with E-state index in [1.54, 1.807) is 0 Å². The minimum atomic E-state index is 0.583. The van der Waals surface area contributed by atoms with Gasteiger partial charge in [-0.2, -0.15) is 0 Å². The first kappa shape index (κ1) is 7.09. The molecule has 1 unspecified atom stereocenters. The largest absolute Gasteiger partial charge is 0.0935 e. The lowest BCUT2D eigenvalue weighted by Crippen LogP contribution is -1.87. The summed E-state index contributed by atoms with van der Waals surface area (Å²) in [5.74, 6) is 1.42. The lowest BCUT2D eigenvalue weighted by Gasteiger charge is -1.94. The van der Waals surface area contributed by atoms with E-state index < -0.39 is 0 Å². The zero-order valence-electron chi connectivity index (χ0n) is 4.85. The van der Waals surface area contributed by atoms with Gasteiger partial charge in [0, 0.05) is 5.75 Å². The van der Waals surface area contributed by atoms with Crippen molar-refractivity contribution in [1.82, 2.24) is 0 Å². The number of hydrogen-bond acceptors (Lipinski definition) is 0. The first-order chi connectivity index (χ1) is 3.31. The molecule has 0 saturated carbocycles. The summed E-state index contributed by atoms with van der Waals surface area (Å²) in [6.45, 7) is 4.13. The number of rotatable bonds is 2. The highest BCUT2D eigenvalue weighted by Crippen LogP contribution is 1.97. The molecule has 0 aliphatic heterocycles. The van der Waals surface area contributed by atoms with Crippen molar-refractivity contribution in [3.8, 4) is 0 Å². The van der Waals surface area contributed by atoms with E-state index in [1.807, 2.05) is 13.0 Å². The predicted molar refractivity (Wildman–Crippen MR) is 36.4 cm³/mol. The first-order valence-electron chi connectivity index (χ1n) is 2.52. The Balaban J connectivity index is 3.16. The van der Waals surface area contributed by atoms with Gasteiger partial charge in [-0.25, -0.2) is 0 Å². The Hall–Kier alpha value is 0.0900. The summed E-state index contributed by atoms with van der Waals surface area (Å²) in [6, 6.07) is 0. The molecule has 1 atom stereocenters. The molecule has 0 aromatic rings. The second-order valence-corrected chi connectivity index (χ2v) is 2.00. The van der Waals surface area contributed by atoms with Gasteiger partial charge >= 0.3 is 0 Å². The molecule has 0 bridgehead atoms. The molecule has 0 amide bonds. The van der Waals surface area contributed by atoms with Crippen LogP contribution in [-0.4, -0.2) is 5.75 Å². The van der Waals surface area contributed by atoms with Crippen LogP contribution < -0.4 is 0 Å². The molecule has 0 aliphatic rings. The zero-order valence-corrected chi connectivity index (χ0v) is 5.66. The minimum absolute atomic E-state index is 0.583. The lowest BCUT2D eigenvalue weighted by molar-refractivity contribution is 0.848. The van der Waals surface area contributed by atoms with Crippen LogP contribution in [0.1, 0.15) is 13.8 Å². The standard InChI is InChI=1S/C6H11S/c1-3-4-6(2)5-7/h3-4,6H,5H2,1-2H3. The monoisotopic (exact) mass is 115 g/mol. The highest BCUT2D eigenvalue weighted by Gasteiger charge is 1.87. The lowest BCUT2D eigenvalue weighted by atomic mass is 10.2. The van der Waals surface area contributed by atoms with Gasteiger partial charge in [0.25, 0.3) is 0 Å². The van der Waals surface area contributed by atoms with E-state index >= 15 is 0 Å². The Morgan fingerprint density at radius 1 is 1.71 bits per heavy atom. The number of allylic oxidation sites excluding steroid dienone is 2. The molecule has 0 rings (SSSR count). The second-order valence-electron chi connectivity index (χ2n) is 1.67. The summed E-state index contributed by atoms with van der Waals surface area (Å²) in [5, 5.41) is 0. The van der Waals surface area contributed by atoms with Crippen LogP contribution in [0.4, 0.5) is 0 Å². The molecule has 41 valence electrons. The Labute approximate surface area is 51.0 Å². The van der Waals surface area contributed by atoms with Crippen LogP contribution in [-0.2, 0) is 0 Å². The average Bonchev–Trinajstić information content (AvgIpc) is 1.68. The third kappa shape index (κ3) is 3.93. The van der Waals surface area contributed by atoms with Crippen molar-refractivity contribution in [1.29, 1.82) is 0 Å². The maximum absolute atomic E-state index is 4.79. The van der Waals surface area contributed by atoms with E-state index in [0.29, 0.717) is 5.92 Å². The normalized spacial score (nSPS) is 15.3. The van der Waals surface area contributed by atoms with Crippen molar-refractivity contribution in [2.75, 3.05) is 5.75 Å². The highest BCUT2D eigenvalue weighted by atomic mass is 32.1. The van der Waals surface area contributed by atoms with Gasteiger partial charge in [-0.3, -0.25) is 0 Å². The Bertz CT molecular complexity index is 57.2. The van der Waals surface area contributed by atoms with Crippen molar-refractivity contribution in [3.05, 3.63) is 12.2 Å². The van der Waals surface area contributed by atoms with E-state index in [9.17, 15) is 0 Å². The average molecular weight is 115 g/mol. The molecular weight excluding hydrogens is 104 g/mol. The number of hydrogen-bond donors (Lipinski definition) is 0. The van der Waals surface area contributed by atoms with Gasteiger partial charge in [0.2, 0.25) is 0 Å². The summed E-state index contributed by atoms with van der Waals surface area (Å²) in [6.07, 6.45) is 4.16. The third-order valence-corrected chi connectivity index (χ3v) is 1.31. The summed E-state index contributed by atoms with van der Waals surface area (Å²) >= 11 is 4.79.